The molecule has 3 aromatic rings. The number of anilines is 1. The molecule has 1 saturated heterocycles. The van der Waals surface area contributed by atoms with Gasteiger partial charge in [0, 0.05) is 16.3 Å². The van der Waals surface area contributed by atoms with E-state index in [2.05, 4.69) is 0 Å². The average Bonchev–Trinajstić information content (AvgIpc) is 3.08. The van der Waals surface area contributed by atoms with Crippen LogP contribution in [0.15, 0.2) is 72.3 Å². The number of carbonyl (C=O) groups is 2. The Bertz CT molecular complexity index is 1270. The van der Waals surface area contributed by atoms with Gasteiger partial charge in [-0.2, -0.15) is 0 Å². The molecule has 1 unspecified atom stereocenters. The molecule has 0 saturated carbocycles. The van der Waals surface area contributed by atoms with Crippen molar-refractivity contribution < 1.29 is 19.4 Å². The van der Waals surface area contributed by atoms with Crippen molar-refractivity contribution in [3.63, 3.8) is 0 Å². The first-order chi connectivity index (χ1) is 15.8. The van der Waals surface area contributed by atoms with E-state index in [1.54, 1.807) is 43.3 Å². The molecular formula is C27H24ClNO4. The third-order valence-corrected chi connectivity index (χ3v) is 6.22. The minimum absolute atomic E-state index is 0.0362. The predicted octanol–water partition coefficient (Wildman–Crippen LogP) is 5.98. The van der Waals surface area contributed by atoms with Crippen LogP contribution in [0, 0.1) is 13.8 Å². The minimum atomic E-state index is -0.796. The normalized spacial score (nSPS) is 17.5. The number of aliphatic hydroxyl groups is 1. The molecule has 168 valence electrons. The fraction of sp³-hybridized carbons (Fsp3) is 0.185. The number of hydrogen-bond acceptors (Lipinski definition) is 4. The third-order valence-electron chi connectivity index (χ3n) is 5.81. The number of Topliss-reactive ketones (excluding diaryl/α,β-unsaturated/α-hetero) is 1. The molecule has 0 bridgehead atoms. The first kappa shape index (κ1) is 22.6. The van der Waals surface area contributed by atoms with Crippen LogP contribution in [0.4, 0.5) is 5.69 Å². The van der Waals surface area contributed by atoms with Gasteiger partial charge in [-0.25, -0.2) is 0 Å². The Hall–Kier alpha value is -3.57. The van der Waals surface area contributed by atoms with E-state index in [1.807, 2.05) is 44.2 Å². The number of benzene rings is 3. The van der Waals surface area contributed by atoms with Crippen molar-refractivity contribution in [3.05, 3.63) is 99.6 Å². The second-order valence-corrected chi connectivity index (χ2v) is 8.28. The van der Waals surface area contributed by atoms with Crippen LogP contribution in [0.3, 0.4) is 0 Å². The number of amides is 1. The van der Waals surface area contributed by atoms with E-state index < -0.39 is 17.7 Å². The smallest absolute Gasteiger partial charge is 0.300 e. The molecule has 5 nitrogen and oxygen atoms in total. The molecule has 1 atom stereocenters. The monoisotopic (exact) mass is 461 g/mol. The Kier molecular flexibility index (Phi) is 6.25. The maximum Gasteiger partial charge on any atom is 0.300 e. The van der Waals surface area contributed by atoms with Gasteiger partial charge >= 0.3 is 0 Å². The summed E-state index contributed by atoms with van der Waals surface area (Å²) >= 11 is 6.33. The Labute approximate surface area is 197 Å². The third kappa shape index (κ3) is 4.00. The van der Waals surface area contributed by atoms with Gasteiger partial charge in [0.25, 0.3) is 11.7 Å². The molecule has 6 heteroatoms. The molecule has 1 fully saturated rings. The van der Waals surface area contributed by atoms with E-state index in [9.17, 15) is 14.7 Å². The van der Waals surface area contributed by atoms with Crippen molar-refractivity contribution in [1.29, 1.82) is 0 Å². The second kappa shape index (κ2) is 9.12. The molecule has 4 rings (SSSR count). The van der Waals surface area contributed by atoms with Crippen LogP contribution >= 0.6 is 11.6 Å². The Balaban J connectivity index is 1.93. The maximum atomic E-state index is 13.3. The number of hydrogen-bond donors (Lipinski definition) is 1. The topological polar surface area (TPSA) is 66.8 Å². The number of nitrogens with zero attached hydrogens (tertiary/aromatic N) is 1. The van der Waals surface area contributed by atoms with Gasteiger partial charge in [-0.3, -0.25) is 14.5 Å². The van der Waals surface area contributed by atoms with Crippen LogP contribution in [-0.4, -0.2) is 23.4 Å². The van der Waals surface area contributed by atoms with Gasteiger partial charge in [0.1, 0.15) is 11.5 Å². The summed E-state index contributed by atoms with van der Waals surface area (Å²) in [4.78, 5) is 28.0. The van der Waals surface area contributed by atoms with Gasteiger partial charge in [0.05, 0.1) is 18.2 Å². The van der Waals surface area contributed by atoms with Crippen LogP contribution < -0.4 is 9.64 Å². The maximum absolute atomic E-state index is 13.3. The number of ketones is 1. The molecular weight excluding hydrogens is 438 g/mol. The van der Waals surface area contributed by atoms with Gasteiger partial charge < -0.3 is 9.84 Å². The number of aryl methyl sites for hydroxylation is 1. The zero-order valence-corrected chi connectivity index (χ0v) is 19.4. The molecule has 0 spiro atoms. The highest BCUT2D eigenvalue weighted by Crippen LogP contribution is 2.44. The lowest BCUT2D eigenvalue weighted by molar-refractivity contribution is -0.132. The van der Waals surface area contributed by atoms with Crippen molar-refractivity contribution in [1.82, 2.24) is 0 Å². The first-order valence-corrected chi connectivity index (χ1v) is 11.1. The van der Waals surface area contributed by atoms with E-state index in [0.29, 0.717) is 39.8 Å². The van der Waals surface area contributed by atoms with Crippen molar-refractivity contribution in [2.24, 2.45) is 0 Å². The van der Waals surface area contributed by atoms with E-state index in [-0.39, 0.29) is 11.3 Å². The van der Waals surface area contributed by atoms with Crippen LogP contribution in [0.25, 0.3) is 5.76 Å². The van der Waals surface area contributed by atoms with Crippen LogP contribution in [0.5, 0.6) is 5.75 Å². The van der Waals surface area contributed by atoms with E-state index in [0.717, 1.165) is 5.56 Å². The highest BCUT2D eigenvalue weighted by Gasteiger charge is 2.47. The summed E-state index contributed by atoms with van der Waals surface area (Å²) in [6.45, 7) is 6.08. The lowest BCUT2D eigenvalue weighted by Crippen LogP contribution is -2.30. The summed E-state index contributed by atoms with van der Waals surface area (Å²) in [6, 6.07) is 18.8. The molecule has 1 N–H and O–H groups in total. The molecule has 1 aliphatic rings. The van der Waals surface area contributed by atoms with E-state index in [1.165, 1.54) is 4.90 Å². The van der Waals surface area contributed by atoms with Crippen LogP contribution in [0.1, 0.15) is 35.2 Å². The van der Waals surface area contributed by atoms with Crippen molar-refractivity contribution in [3.8, 4) is 5.75 Å². The van der Waals surface area contributed by atoms with Crippen molar-refractivity contribution >= 4 is 34.7 Å². The fourth-order valence-electron chi connectivity index (χ4n) is 4.16. The average molecular weight is 462 g/mol. The van der Waals surface area contributed by atoms with Gasteiger partial charge in [0.2, 0.25) is 0 Å². The molecule has 1 aliphatic heterocycles. The Morgan fingerprint density at radius 2 is 1.76 bits per heavy atom. The summed E-state index contributed by atoms with van der Waals surface area (Å²) in [5.41, 5.74) is 3.21. The number of rotatable bonds is 5. The molecule has 0 aliphatic carbocycles. The lowest BCUT2D eigenvalue weighted by atomic mass is 9.94. The molecule has 33 heavy (non-hydrogen) atoms. The van der Waals surface area contributed by atoms with Gasteiger partial charge in [-0.1, -0.05) is 48.0 Å². The highest BCUT2D eigenvalue weighted by atomic mass is 35.5. The molecule has 1 amide bonds. The molecule has 3 aromatic carbocycles. The summed E-state index contributed by atoms with van der Waals surface area (Å²) in [5.74, 6) is -0.982. The van der Waals surface area contributed by atoms with E-state index >= 15 is 0 Å². The largest absolute Gasteiger partial charge is 0.507 e. The number of halogens is 1. The summed E-state index contributed by atoms with van der Waals surface area (Å²) in [5, 5.41) is 11.8. The number of carbonyl (C=O) groups excluding carboxylic acids is 2. The summed E-state index contributed by atoms with van der Waals surface area (Å²) in [7, 11) is 0. The molecule has 0 aromatic heterocycles. The van der Waals surface area contributed by atoms with Gasteiger partial charge in [0.15, 0.2) is 0 Å². The van der Waals surface area contributed by atoms with E-state index in [4.69, 9.17) is 16.3 Å². The second-order valence-electron chi connectivity index (χ2n) is 7.88. The predicted molar refractivity (Wildman–Crippen MR) is 130 cm³/mol. The zero-order valence-electron chi connectivity index (χ0n) is 18.6. The quantitative estimate of drug-likeness (QED) is 0.288. The highest BCUT2D eigenvalue weighted by molar-refractivity contribution is 6.52. The standard InChI is InChI=1S/C27H24ClNO4/c1-4-33-22-14-13-19(15-16(22)2)25(30)23-24(18-9-6-5-7-10-18)29(27(32)26(23)31)21-12-8-11-20(28)17(21)3/h5-15,24,30H,4H2,1-3H3/b25-23+. The first-order valence-electron chi connectivity index (χ1n) is 10.7. The number of aliphatic hydroxyl groups excluding tert-OH is 1. The Morgan fingerprint density at radius 3 is 2.42 bits per heavy atom. The SMILES string of the molecule is CCOc1ccc(/C(O)=C2\C(=O)C(=O)N(c3cccc(Cl)c3C)C2c2ccccc2)cc1C. The van der Waals surface area contributed by atoms with Crippen molar-refractivity contribution in [2.75, 3.05) is 11.5 Å². The van der Waals surface area contributed by atoms with Crippen LogP contribution in [-0.2, 0) is 9.59 Å². The fourth-order valence-corrected chi connectivity index (χ4v) is 4.33. The van der Waals surface area contributed by atoms with Gasteiger partial charge in [-0.05, 0) is 67.8 Å². The molecule has 0 radical (unpaired) electrons. The zero-order chi connectivity index (χ0) is 23.7. The summed E-state index contributed by atoms with van der Waals surface area (Å²) < 4.78 is 5.59. The summed E-state index contributed by atoms with van der Waals surface area (Å²) in [6.07, 6.45) is 0. The van der Waals surface area contributed by atoms with Crippen molar-refractivity contribution in [2.45, 2.75) is 26.8 Å². The molecule has 1 heterocycles. The Morgan fingerprint density at radius 1 is 1.03 bits per heavy atom. The minimum Gasteiger partial charge on any atom is -0.507 e. The van der Waals surface area contributed by atoms with Crippen LogP contribution in [0.2, 0.25) is 5.02 Å². The van der Waals surface area contributed by atoms with Gasteiger partial charge in [-0.15, -0.1) is 0 Å². The lowest BCUT2D eigenvalue weighted by Gasteiger charge is -2.27. The number of ether oxygens (including phenoxy) is 1.